The van der Waals surface area contributed by atoms with Crippen LogP contribution in [0.4, 0.5) is 10.1 Å². The summed E-state index contributed by atoms with van der Waals surface area (Å²) in [6.07, 6.45) is 6.36. The number of carbonyl (C=O) groups excluding carboxylic acids is 1. The number of anilines is 1. The minimum atomic E-state index is -0.458. The fourth-order valence-electron chi connectivity index (χ4n) is 2.52. The van der Waals surface area contributed by atoms with Crippen molar-refractivity contribution >= 4 is 11.6 Å². The third kappa shape index (κ3) is 4.53. The zero-order valence-corrected chi connectivity index (χ0v) is 14.5. The molecule has 3 aromatic rings. The highest BCUT2D eigenvalue weighted by atomic mass is 19.1. The largest absolute Gasteiger partial charge is 0.339 e. The van der Waals surface area contributed by atoms with Crippen molar-refractivity contribution in [2.24, 2.45) is 0 Å². The molecule has 0 atom stereocenters. The lowest BCUT2D eigenvalue weighted by Gasteiger charge is -2.08. The first-order valence-corrected chi connectivity index (χ1v) is 8.56. The van der Waals surface area contributed by atoms with Gasteiger partial charge in [-0.1, -0.05) is 12.1 Å². The maximum absolute atomic E-state index is 14.2. The number of nitrogens with one attached hydrogen (secondary N) is 1. The third-order valence-corrected chi connectivity index (χ3v) is 3.76. The molecule has 0 saturated heterocycles. The average Bonchev–Trinajstić information content (AvgIpc) is 3.27. The van der Waals surface area contributed by atoms with Crippen LogP contribution < -0.4 is 5.32 Å². The normalized spacial score (nSPS) is 10.8. The van der Waals surface area contributed by atoms with Crippen LogP contribution in [0, 0.1) is 5.82 Å². The van der Waals surface area contributed by atoms with Crippen LogP contribution >= 0.6 is 0 Å². The van der Waals surface area contributed by atoms with Gasteiger partial charge < -0.3 is 9.84 Å². The second kappa shape index (κ2) is 8.37. The Balaban J connectivity index is 1.49. The summed E-state index contributed by atoms with van der Waals surface area (Å²) in [5.74, 6) is 0.584. The quantitative estimate of drug-likeness (QED) is 0.668. The molecule has 0 unspecified atom stereocenters. The molecule has 3 rings (SSSR count). The summed E-state index contributed by atoms with van der Waals surface area (Å²) < 4.78 is 20.7. The van der Waals surface area contributed by atoms with Gasteiger partial charge in [0, 0.05) is 37.3 Å². The summed E-state index contributed by atoms with van der Waals surface area (Å²) in [7, 11) is 0. The van der Waals surface area contributed by atoms with Crippen LogP contribution in [0.2, 0.25) is 0 Å². The van der Waals surface area contributed by atoms with E-state index in [9.17, 15) is 9.18 Å². The molecule has 8 heteroatoms. The Labute approximate surface area is 150 Å². The zero-order valence-electron chi connectivity index (χ0n) is 14.5. The summed E-state index contributed by atoms with van der Waals surface area (Å²) in [6, 6.07) is 6.21. The molecule has 1 amide bonds. The van der Waals surface area contributed by atoms with Gasteiger partial charge in [0.25, 0.3) is 0 Å². The predicted molar refractivity (Wildman–Crippen MR) is 93.4 cm³/mol. The molecule has 26 heavy (non-hydrogen) atoms. The summed E-state index contributed by atoms with van der Waals surface area (Å²) in [5.41, 5.74) is 0.735. The topological polar surface area (TPSA) is 85.8 Å². The highest BCUT2D eigenvalue weighted by molar-refractivity contribution is 5.90. The van der Waals surface area contributed by atoms with Gasteiger partial charge in [0.05, 0.1) is 0 Å². The molecule has 0 fully saturated rings. The Morgan fingerprint density at radius 1 is 1.35 bits per heavy atom. The number of hydrogen-bond donors (Lipinski definition) is 1. The molecule has 0 aliphatic heterocycles. The third-order valence-electron chi connectivity index (χ3n) is 3.76. The van der Waals surface area contributed by atoms with Crippen molar-refractivity contribution in [2.45, 2.75) is 39.0 Å². The summed E-state index contributed by atoms with van der Waals surface area (Å²) >= 11 is 0. The maximum Gasteiger partial charge on any atom is 0.226 e. The molecule has 0 aliphatic rings. The van der Waals surface area contributed by atoms with Crippen LogP contribution in [0.25, 0.3) is 5.69 Å². The van der Waals surface area contributed by atoms with E-state index in [4.69, 9.17) is 4.52 Å². The van der Waals surface area contributed by atoms with E-state index in [1.165, 1.54) is 10.7 Å². The van der Waals surface area contributed by atoms with Gasteiger partial charge in [-0.15, -0.1) is 0 Å². The van der Waals surface area contributed by atoms with E-state index in [0.717, 1.165) is 12.8 Å². The van der Waals surface area contributed by atoms with Crippen molar-refractivity contribution in [1.82, 2.24) is 19.9 Å². The molecule has 0 radical (unpaired) electrons. The second-order valence-corrected chi connectivity index (χ2v) is 5.87. The van der Waals surface area contributed by atoms with Crippen LogP contribution in [-0.4, -0.2) is 25.8 Å². The molecule has 7 nitrogen and oxygen atoms in total. The number of aromatic nitrogens is 4. The van der Waals surface area contributed by atoms with Gasteiger partial charge >= 0.3 is 0 Å². The minimum Gasteiger partial charge on any atom is -0.339 e. The van der Waals surface area contributed by atoms with E-state index in [-0.39, 0.29) is 12.3 Å². The fraction of sp³-hybridized carbons (Fsp3) is 0.333. The SMILES string of the molecule is CCCc1noc(CCCC(=O)Nc2ccc(-n3cccn3)c(F)c2)n1. The first-order chi connectivity index (χ1) is 12.7. The first-order valence-electron chi connectivity index (χ1n) is 8.56. The highest BCUT2D eigenvalue weighted by Gasteiger charge is 2.10. The minimum absolute atomic E-state index is 0.190. The van der Waals surface area contributed by atoms with Gasteiger partial charge in [-0.25, -0.2) is 9.07 Å². The van der Waals surface area contributed by atoms with Gasteiger partial charge in [-0.05, 0) is 37.1 Å². The molecule has 136 valence electrons. The van der Waals surface area contributed by atoms with Crippen molar-refractivity contribution in [2.75, 3.05) is 5.32 Å². The lowest BCUT2D eigenvalue weighted by Crippen LogP contribution is -2.12. The lowest BCUT2D eigenvalue weighted by atomic mass is 10.2. The van der Waals surface area contributed by atoms with Gasteiger partial charge in [0.15, 0.2) is 11.6 Å². The summed E-state index contributed by atoms with van der Waals surface area (Å²) in [4.78, 5) is 16.3. The number of aryl methyl sites for hydroxylation is 2. The zero-order chi connectivity index (χ0) is 18.4. The first kappa shape index (κ1) is 17.8. The Kier molecular flexibility index (Phi) is 5.73. The monoisotopic (exact) mass is 357 g/mol. The number of halogens is 1. The van der Waals surface area contributed by atoms with Crippen LogP contribution in [0.5, 0.6) is 0 Å². The van der Waals surface area contributed by atoms with Crippen molar-refractivity contribution in [1.29, 1.82) is 0 Å². The maximum atomic E-state index is 14.2. The van der Waals surface area contributed by atoms with Gasteiger partial charge in [-0.2, -0.15) is 10.1 Å². The number of carbonyl (C=O) groups is 1. The molecular formula is C18H20FN5O2. The Bertz CT molecular complexity index is 860. The number of nitrogens with zero attached hydrogens (tertiary/aromatic N) is 4. The molecular weight excluding hydrogens is 337 g/mol. The number of amides is 1. The molecule has 0 bridgehead atoms. The number of hydrogen-bond acceptors (Lipinski definition) is 5. The molecule has 1 aromatic carbocycles. The van der Waals surface area contributed by atoms with Gasteiger partial charge in [0.1, 0.15) is 5.69 Å². The lowest BCUT2D eigenvalue weighted by molar-refractivity contribution is -0.116. The van der Waals surface area contributed by atoms with Gasteiger partial charge in [-0.3, -0.25) is 4.79 Å². The summed E-state index contributed by atoms with van der Waals surface area (Å²) in [5, 5.41) is 10.6. The predicted octanol–water partition coefficient (Wildman–Crippen LogP) is 3.31. The Morgan fingerprint density at radius 2 is 2.23 bits per heavy atom. The standard InChI is InChI=1S/C18H20FN5O2/c1-2-5-16-22-18(26-23-16)7-3-6-17(25)21-13-8-9-15(14(19)12-13)24-11-4-10-20-24/h4,8-12H,2-3,5-7H2,1H3,(H,21,25). The van der Waals surface area contributed by atoms with Crippen LogP contribution in [0.1, 0.15) is 37.9 Å². The Morgan fingerprint density at radius 3 is 2.96 bits per heavy atom. The molecule has 2 aromatic heterocycles. The Hall–Kier alpha value is -3.03. The summed E-state index contributed by atoms with van der Waals surface area (Å²) in [6.45, 7) is 2.05. The van der Waals surface area contributed by atoms with E-state index in [2.05, 4.69) is 20.6 Å². The van der Waals surface area contributed by atoms with E-state index < -0.39 is 5.82 Å². The van der Waals surface area contributed by atoms with Gasteiger partial charge in [0.2, 0.25) is 11.8 Å². The van der Waals surface area contributed by atoms with Crippen molar-refractivity contribution < 1.29 is 13.7 Å². The van der Waals surface area contributed by atoms with E-state index in [1.807, 2.05) is 6.92 Å². The fourth-order valence-corrected chi connectivity index (χ4v) is 2.52. The van der Waals surface area contributed by atoms with Crippen molar-refractivity contribution in [3.05, 3.63) is 54.2 Å². The second-order valence-electron chi connectivity index (χ2n) is 5.87. The van der Waals surface area contributed by atoms with Crippen LogP contribution in [-0.2, 0) is 17.6 Å². The smallest absolute Gasteiger partial charge is 0.226 e. The molecule has 1 N–H and O–H groups in total. The molecule has 2 heterocycles. The van der Waals surface area contributed by atoms with Crippen LogP contribution in [0.3, 0.4) is 0 Å². The van der Waals surface area contributed by atoms with E-state index in [0.29, 0.717) is 35.9 Å². The van der Waals surface area contributed by atoms with E-state index in [1.54, 1.807) is 30.6 Å². The van der Waals surface area contributed by atoms with Crippen molar-refractivity contribution in [3.63, 3.8) is 0 Å². The number of rotatable bonds is 8. The van der Waals surface area contributed by atoms with Crippen LogP contribution in [0.15, 0.2) is 41.2 Å². The molecule has 0 saturated carbocycles. The number of benzene rings is 1. The highest BCUT2D eigenvalue weighted by Crippen LogP contribution is 2.18. The average molecular weight is 357 g/mol. The molecule has 0 aliphatic carbocycles. The van der Waals surface area contributed by atoms with Crippen molar-refractivity contribution in [3.8, 4) is 5.69 Å². The van der Waals surface area contributed by atoms with E-state index >= 15 is 0 Å². The molecule has 0 spiro atoms.